The number of rotatable bonds is 2. The third kappa shape index (κ3) is 55.4. The zero-order valence-electron chi connectivity index (χ0n) is 7.94. The second kappa shape index (κ2) is 19.0. The Morgan fingerprint density at radius 3 is 1.58 bits per heavy atom. The van der Waals surface area contributed by atoms with Gasteiger partial charge in [0.05, 0.1) is 0 Å². The number of hydrogen-bond donors (Lipinski definition) is 1. The smallest absolute Gasteiger partial charge is 0.784 e. The Hall–Kier alpha value is 2.38. The molecule has 0 saturated heterocycles. The van der Waals surface area contributed by atoms with Gasteiger partial charge in [0.1, 0.15) is 0 Å². The summed E-state index contributed by atoms with van der Waals surface area (Å²) in [5.41, 5.74) is 0. The Balaban J connectivity index is -0.0000000483. The molecule has 0 heterocycles. The van der Waals surface area contributed by atoms with Crippen LogP contribution in [0.25, 0.3) is 0 Å². The molecule has 4 nitrogen and oxygen atoms in total. The summed E-state index contributed by atoms with van der Waals surface area (Å²) in [6.07, 6.45) is 0. The number of hydrogen-bond acceptors (Lipinski definition) is 5. The fourth-order valence-electron chi connectivity index (χ4n) is 0.200. The van der Waals surface area contributed by atoms with Gasteiger partial charge in [-0.1, -0.05) is 0 Å². The average Bonchev–Trinajstić information content (AvgIpc) is 1.62. The van der Waals surface area contributed by atoms with E-state index in [1.54, 1.807) is 0 Å². The van der Waals surface area contributed by atoms with Crippen molar-refractivity contribution in [2.24, 2.45) is 0 Å². The van der Waals surface area contributed by atoms with Gasteiger partial charge in [0.25, 0.3) is 0 Å². The van der Waals surface area contributed by atoms with Crippen LogP contribution in [0.3, 0.4) is 0 Å². The third-order valence-corrected chi connectivity index (χ3v) is 0.747. The molecule has 0 rings (SSSR count). The van der Waals surface area contributed by atoms with Gasteiger partial charge in [-0.05, 0) is 14.1 Å². The van der Waals surface area contributed by atoms with Crippen molar-refractivity contribution in [3.05, 3.63) is 0 Å². The molecule has 64 valence electrons. The minimum atomic E-state index is -3.11. The Kier molecular flexibility index (Phi) is 37.9. The van der Waals surface area contributed by atoms with Crippen LogP contribution in [0.1, 0.15) is 0 Å². The van der Waals surface area contributed by atoms with Gasteiger partial charge in [0.15, 0.2) is 0 Å². The van der Waals surface area contributed by atoms with Gasteiger partial charge >= 0.3 is 59.1 Å². The molecule has 0 fully saturated rings. The summed E-state index contributed by atoms with van der Waals surface area (Å²) in [4.78, 5) is 2.10. The summed E-state index contributed by atoms with van der Waals surface area (Å²) in [5, 5.41) is 0. The molecule has 0 N–H and O–H groups in total. The van der Waals surface area contributed by atoms with Crippen LogP contribution < -0.4 is 59.1 Å². The van der Waals surface area contributed by atoms with E-state index in [4.69, 9.17) is 13.3 Å². The van der Waals surface area contributed by atoms with Gasteiger partial charge in [-0.15, -0.1) is 11.4 Å². The molecule has 12 heavy (non-hydrogen) atoms. The minimum absolute atomic E-state index is 0. The van der Waals surface area contributed by atoms with E-state index in [-0.39, 0.29) is 59.1 Å². The number of thiol groups is 1. The van der Waals surface area contributed by atoms with Crippen LogP contribution >= 0.6 is 12.6 Å². The molecule has 0 aliphatic carbocycles. The molecule has 0 spiro atoms. The van der Waals surface area contributed by atoms with Gasteiger partial charge < -0.3 is 14.0 Å². The summed E-state index contributed by atoms with van der Waals surface area (Å²) in [6.45, 7) is 1.07. The van der Waals surface area contributed by atoms with E-state index in [2.05, 4.69) is 17.5 Å². The molecule has 0 aromatic rings. The maximum Gasteiger partial charge on any atom is 1.00 e. The maximum atomic E-state index is 8.44. The van der Waals surface area contributed by atoms with Crippen molar-refractivity contribution >= 4 is 24.0 Å². The largest absolute Gasteiger partial charge is 1.00 e. The Morgan fingerprint density at radius 2 is 1.58 bits per heavy atom. The molecule has 0 aromatic heterocycles. The Bertz CT molecular complexity index is 92.4. The fraction of sp³-hybridized carbons (Fsp3) is 1.00. The van der Waals surface area contributed by atoms with E-state index >= 15 is 0 Å². The predicted octanol–water partition coefficient (Wildman–Crippen LogP) is -6.52. The van der Waals surface area contributed by atoms with Crippen molar-refractivity contribution in [3.63, 3.8) is 0 Å². The van der Waals surface area contributed by atoms with Crippen LogP contribution in [0.15, 0.2) is 0 Å². The second-order valence-corrected chi connectivity index (χ2v) is 2.59. The molecule has 0 aliphatic rings. The zero-order valence-corrected chi connectivity index (χ0v) is 13.7. The molecule has 0 unspecified atom stereocenters. The summed E-state index contributed by atoms with van der Waals surface area (Å²) in [7, 11) is 4.08. The zero-order chi connectivity index (χ0) is 8.57. The van der Waals surface area contributed by atoms with Crippen molar-refractivity contribution < 1.29 is 72.4 Å². The van der Waals surface area contributed by atoms with Crippen molar-refractivity contribution in [2.45, 2.75) is 0 Å². The molecule has 0 aliphatic heterocycles. The first-order valence-electron chi connectivity index (χ1n) is 2.53. The van der Waals surface area contributed by atoms with Crippen molar-refractivity contribution in [1.82, 2.24) is 4.90 Å². The fourth-order valence-corrected chi connectivity index (χ4v) is 0.600. The molecule has 8 heteroatoms. The van der Waals surface area contributed by atoms with Gasteiger partial charge in [0, 0.05) is 12.3 Å². The molecule has 0 aromatic carbocycles. The monoisotopic (exact) mass is 231 g/mol. The average molecular weight is 231 g/mol. The first-order valence-corrected chi connectivity index (χ1v) is 4.16. The normalized spacial score (nSPS) is 7.92. The van der Waals surface area contributed by atoms with Gasteiger partial charge in [-0.25, -0.2) is 0 Å². The van der Waals surface area contributed by atoms with E-state index < -0.39 is 11.4 Å². The second-order valence-electron chi connectivity index (χ2n) is 1.73. The van der Waals surface area contributed by atoms with Crippen LogP contribution in [0, 0.1) is 0 Å². The maximum absolute atomic E-state index is 8.44. The van der Waals surface area contributed by atoms with E-state index in [0.717, 1.165) is 12.3 Å². The Labute approximate surface area is 126 Å². The van der Waals surface area contributed by atoms with Crippen LogP contribution in [-0.4, -0.2) is 44.6 Å². The van der Waals surface area contributed by atoms with Crippen LogP contribution in [-0.2, 0) is 11.4 Å². The van der Waals surface area contributed by atoms with E-state index in [1.807, 2.05) is 14.1 Å². The quantitative estimate of drug-likeness (QED) is 0.291. The topological polar surface area (TPSA) is 66.4 Å². The summed E-state index contributed by atoms with van der Waals surface area (Å²) in [6, 6.07) is 0. The van der Waals surface area contributed by atoms with Crippen LogP contribution in [0.2, 0.25) is 0 Å². The molecular formula is C4H11NNa2O3S2. The van der Waals surface area contributed by atoms with E-state index in [0.29, 0.717) is 0 Å². The minimum Gasteiger partial charge on any atom is -0.784 e. The first-order chi connectivity index (χ1) is 4.50. The van der Waals surface area contributed by atoms with E-state index in [1.165, 1.54) is 0 Å². The predicted molar refractivity (Wildman–Crippen MR) is 42.1 cm³/mol. The Morgan fingerprint density at radius 1 is 1.33 bits per heavy atom. The summed E-state index contributed by atoms with van der Waals surface area (Å²) < 4.78 is 25.3. The summed E-state index contributed by atoms with van der Waals surface area (Å²) in [5.74, 6) is 0.951. The van der Waals surface area contributed by atoms with Crippen LogP contribution in [0.4, 0.5) is 0 Å². The van der Waals surface area contributed by atoms with Crippen molar-refractivity contribution in [2.75, 3.05) is 26.4 Å². The summed E-state index contributed by atoms with van der Waals surface area (Å²) >= 11 is 0.907. The van der Waals surface area contributed by atoms with Gasteiger partial charge in [0.2, 0.25) is 0 Å². The molecule has 0 saturated carbocycles. The number of nitrogens with zero attached hydrogens (tertiary/aromatic N) is 1. The molecule has 0 radical (unpaired) electrons. The standard InChI is InChI=1S/C4H11NS.2Na.H2O3S/c1-5(2)3-4-6;;;1-4(2)3/h6H,3-4H2,1-2H3;;;(H2,1,2,3)/q;2*+1;/p-2. The molecule has 0 amide bonds. The third-order valence-electron chi connectivity index (χ3n) is 0.547. The van der Waals surface area contributed by atoms with E-state index in [9.17, 15) is 0 Å². The van der Waals surface area contributed by atoms with Gasteiger partial charge in [-0.3, -0.25) is 4.21 Å². The molecular weight excluding hydrogens is 220 g/mol. The van der Waals surface area contributed by atoms with Gasteiger partial charge in [-0.2, -0.15) is 12.6 Å². The first kappa shape index (κ1) is 23.9. The van der Waals surface area contributed by atoms with Crippen molar-refractivity contribution in [3.8, 4) is 0 Å². The SMILES string of the molecule is CN(C)CCS.O=S([O-])[O-].[Na+].[Na+]. The molecule has 0 atom stereocenters. The van der Waals surface area contributed by atoms with Crippen LogP contribution in [0.5, 0.6) is 0 Å². The molecule has 0 bridgehead atoms. The van der Waals surface area contributed by atoms with Crippen molar-refractivity contribution in [1.29, 1.82) is 0 Å².